The summed E-state index contributed by atoms with van der Waals surface area (Å²) in [6.07, 6.45) is 0.842. The molecule has 0 aliphatic heterocycles. The zero-order chi connectivity index (χ0) is 13.1. The lowest BCUT2D eigenvalue weighted by Gasteiger charge is -2.19. The van der Waals surface area contributed by atoms with Crippen molar-refractivity contribution in [3.05, 3.63) is 29.3 Å². The van der Waals surface area contributed by atoms with E-state index in [-0.39, 0.29) is 5.97 Å². The van der Waals surface area contributed by atoms with Crippen molar-refractivity contribution < 1.29 is 14.3 Å². The number of benzene rings is 1. The molecule has 0 aliphatic carbocycles. The highest BCUT2D eigenvalue weighted by atomic mass is 16.6. The number of carbonyl (C=O) groups is 1. The first-order valence-electron chi connectivity index (χ1n) is 5.69. The zero-order valence-electron chi connectivity index (χ0n) is 11.1. The standard InChI is InChI=1S/C14H19O3/c1-6-10-7-8-11(9-12(10)16-5)13(15)17-14(2,3)4/h7,9H,6H2,1-5H3. The van der Waals surface area contributed by atoms with E-state index in [4.69, 9.17) is 9.47 Å². The summed E-state index contributed by atoms with van der Waals surface area (Å²) < 4.78 is 10.5. The highest BCUT2D eigenvalue weighted by molar-refractivity contribution is 5.90. The van der Waals surface area contributed by atoms with E-state index in [9.17, 15) is 4.79 Å². The Kier molecular flexibility index (Phi) is 4.16. The van der Waals surface area contributed by atoms with Gasteiger partial charge in [-0.25, -0.2) is 4.79 Å². The average Bonchev–Trinajstić information content (AvgIpc) is 2.25. The van der Waals surface area contributed by atoms with E-state index in [0.717, 1.165) is 12.0 Å². The van der Waals surface area contributed by atoms with Gasteiger partial charge >= 0.3 is 5.97 Å². The van der Waals surface area contributed by atoms with Gasteiger partial charge in [0.2, 0.25) is 0 Å². The summed E-state index contributed by atoms with van der Waals surface area (Å²) in [6.45, 7) is 7.53. The molecule has 0 heterocycles. The predicted molar refractivity (Wildman–Crippen MR) is 66.4 cm³/mol. The average molecular weight is 235 g/mol. The molecular weight excluding hydrogens is 216 g/mol. The lowest BCUT2D eigenvalue weighted by atomic mass is 10.1. The molecule has 1 rings (SSSR count). The lowest BCUT2D eigenvalue weighted by molar-refractivity contribution is 0.00688. The van der Waals surface area contributed by atoms with Crippen molar-refractivity contribution in [2.24, 2.45) is 0 Å². The lowest BCUT2D eigenvalue weighted by Crippen LogP contribution is -2.24. The van der Waals surface area contributed by atoms with Crippen molar-refractivity contribution in [1.29, 1.82) is 0 Å². The fourth-order valence-electron chi connectivity index (χ4n) is 1.42. The molecule has 0 fully saturated rings. The maximum absolute atomic E-state index is 11.8. The van der Waals surface area contributed by atoms with Crippen LogP contribution in [0.2, 0.25) is 0 Å². The second kappa shape index (κ2) is 5.21. The molecule has 0 unspecified atom stereocenters. The Morgan fingerprint density at radius 3 is 2.53 bits per heavy atom. The first-order chi connectivity index (χ1) is 7.87. The molecule has 1 aromatic rings. The molecular formula is C14H19O3. The largest absolute Gasteiger partial charge is 0.496 e. The topological polar surface area (TPSA) is 35.5 Å². The molecule has 1 aromatic carbocycles. The van der Waals surface area contributed by atoms with Crippen LogP contribution in [0.5, 0.6) is 5.75 Å². The summed E-state index contributed by atoms with van der Waals surface area (Å²) in [7, 11) is 1.59. The van der Waals surface area contributed by atoms with Crippen molar-refractivity contribution >= 4 is 5.97 Å². The number of rotatable bonds is 3. The van der Waals surface area contributed by atoms with Crippen LogP contribution in [0.25, 0.3) is 0 Å². The molecule has 0 saturated heterocycles. The van der Waals surface area contributed by atoms with Gasteiger partial charge in [-0.1, -0.05) is 6.92 Å². The monoisotopic (exact) mass is 235 g/mol. The number of esters is 1. The molecule has 0 aliphatic rings. The first kappa shape index (κ1) is 13.6. The number of hydrogen-bond acceptors (Lipinski definition) is 3. The van der Waals surface area contributed by atoms with E-state index in [1.165, 1.54) is 0 Å². The van der Waals surface area contributed by atoms with Gasteiger partial charge in [0.05, 0.1) is 12.7 Å². The van der Waals surface area contributed by atoms with E-state index in [1.807, 2.05) is 27.7 Å². The van der Waals surface area contributed by atoms with Crippen LogP contribution in [0.1, 0.15) is 43.6 Å². The Bertz CT molecular complexity index is 402. The molecule has 3 nitrogen and oxygen atoms in total. The Morgan fingerprint density at radius 2 is 2.06 bits per heavy atom. The van der Waals surface area contributed by atoms with Crippen molar-refractivity contribution in [1.82, 2.24) is 0 Å². The van der Waals surface area contributed by atoms with E-state index in [0.29, 0.717) is 11.3 Å². The van der Waals surface area contributed by atoms with Crippen LogP contribution >= 0.6 is 0 Å². The highest BCUT2D eigenvalue weighted by Gasteiger charge is 2.18. The molecule has 93 valence electrons. The molecule has 0 saturated carbocycles. The summed E-state index contributed by atoms with van der Waals surface area (Å²) in [5.41, 5.74) is 0.926. The second-order valence-corrected chi connectivity index (χ2v) is 4.80. The fourth-order valence-corrected chi connectivity index (χ4v) is 1.42. The van der Waals surface area contributed by atoms with Gasteiger partial charge in [-0.2, -0.15) is 0 Å². The quantitative estimate of drug-likeness (QED) is 0.755. The second-order valence-electron chi connectivity index (χ2n) is 4.80. The molecule has 0 spiro atoms. The van der Waals surface area contributed by atoms with Gasteiger partial charge in [-0.05, 0) is 51.0 Å². The minimum atomic E-state index is -0.498. The summed E-state index contributed by atoms with van der Waals surface area (Å²) in [4.78, 5) is 11.8. The molecule has 17 heavy (non-hydrogen) atoms. The third kappa shape index (κ3) is 3.77. The van der Waals surface area contributed by atoms with E-state index >= 15 is 0 Å². The van der Waals surface area contributed by atoms with Crippen molar-refractivity contribution in [2.45, 2.75) is 39.7 Å². The van der Waals surface area contributed by atoms with E-state index in [2.05, 4.69) is 6.07 Å². The Labute approximate surface area is 103 Å². The Hall–Kier alpha value is -1.51. The van der Waals surface area contributed by atoms with Crippen molar-refractivity contribution in [3.63, 3.8) is 0 Å². The van der Waals surface area contributed by atoms with Crippen LogP contribution in [0.15, 0.2) is 12.1 Å². The van der Waals surface area contributed by atoms with Crippen LogP contribution in [0, 0.1) is 6.07 Å². The summed E-state index contributed by atoms with van der Waals surface area (Å²) >= 11 is 0. The van der Waals surface area contributed by atoms with Crippen molar-refractivity contribution in [2.75, 3.05) is 7.11 Å². The molecule has 0 bridgehead atoms. The number of aryl methyl sites for hydroxylation is 1. The molecule has 0 atom stereocenters. The first-order valence-corrected chi connectivity index (χ1v) is 5.69. The molecule has 0 aromatic heterocycles. The maximum atomic E-state index is 11.8. The summed E-state index contributed by atoms with van der Waals surface area (Å²) in [5, 5.41) is 0. The van der Waals surface area contributed by atoms with Crippen LogP contribution in [0.3, 0.4) is 0 Å². The van der Waals surface area contributed by atoms with Crippen LogP contribution in [0.4, 0.5) is 0 Å². The van der Waals surface area contributed by atoms with Crippen LogP contribution < -0.4 is 4.74 Å². The van der Waals surface area contributed by atoms with Crippen LogP contribution in [-0.2, 0) is 11.2 Å². The maximum Gasteiger partial charge on any atom is 0.339 e. The SMILES string of the molecule is CCc1c[c]c(C(=O)OC(C)(C)C)cc1OC. The Balaban J connectivity index is 2.96. The van der Waals surface area contributed by atoms with E-state index < -0.39 is 5.60 Å². The zero-order valence-corrected chi connectivity index (χ0v) is 11.1. The number of carbonyl (C=O) groups excluding carboxylic acids is 1. The number of methoxy groups -OCH3 is 1. The molecule has 0 amide bonds. The number of ether oxygens (including phenoxy) is 2. The van der Waals surface area contributed by atoms with Gasteiger partial charge in [-0.3, -0.25) is 0 Å². The smallest absolute Gasteiger partial charge is 0.339 e. The Morgan fingerprint density at radius 1 is 1.41 bits per heavy atom. The third-order valence-electron chi connectivity index (χ3n) is 2.21. The van der Waals surface area contributed by atoms with Crippen molar-refractivity contribution in [3.8, 4) is 5.75 Å². The molecule has 0 N–H and O–H groups in total. The number of hydrogen-bond donors (Lipinski definition) is 0. The van der Waals surface area contributed by atoms with Gasteiger partial charge in [0.15, 0.2) is 0 Å². The van der Waals surface area contributed by atoms with Gasteiger partial charge < -0.3 is 9.47 Å². The van der Waals surface area contributed by atoms with E-state index in [1.54, 1.807) is 19.2 Å². The molecule has 3 heteroatoms. The highest BCUT2D eigenvalue weighted by Crippen LogP contribution is 2.22. The third-order valence-corrected chi connectivity index (χ3v) is 2.21. The summed E-state index contributed by atoms with van der Waals surface area (Å²) in [6, 6.07) is 6.38. The van der Waals surface area contributed by atoms with Gasteiger partial charge in [0.25, 0.3) is 0 Å². The normalized spacial score (nSPS) is 11.1. The summed E-state index contributed by atoms with van der Waals surface area (Å²) in [5.74, 6) is 0.325. The van der Waals surface area contributed by atoms with Gasteiger partial charge in [-0.15, -0.1) is 0 Å². The van der Waals surface area contributed by atoms with Gasteiger partial charge in [0, 0.05) is 0 Å². The fraction of sp³-hybridized carbons (Fsp3) is 0.500. The molecule has 1 radical (unpaired) electrons. The predicted octanol–water partition coefficient (Wildman–Crippen LogP) is 3.01. The van der Waals surface area contributed by atoms with Crippen LogP contribution in [-0.4, -0.2) is 18.7 Å². The van der Waals surface area contributed by atoms with Gasteiger partial charge in [0.1, 0.15) is 11.4 Å². The minimum absolute atomic E-state index is 0.376. The minimum Gasteiger partial charge on any atom is -0.496 e.